The summed E-state index contributed by atoms with van der Waals surface area (Å²) < 4.78 is 0. The summed E-state index contributed by atoms with van der Waals surface area (Å²) in [5.41, 5.74) is 2.47. The maximum absolute atomic E-state index is 5.21. The van der Waals surface area contributed by atoms with Gasteiger partial charge in [0.15, 0.2) is 0 Å². The quantitative estimate of drug-likeness (QED) is 0.478. The van der Waals surface area contributed by atoms with E-state index in [2.05, 4.69) is 20.6 Å². The maximum atomic E-state index is 5.21. The van der Waals surface area contributed by atoms with E-state index >= 15 is 0 Å². The molecule has 0 bridgehead atoms. The Morgan fingerprint density at radius 1 is 1.40 bits per heavy atom. The molecular formula is C8H9N5S2. The molecular weight excluding hydrogens is 230 g/mol. The van der Waals surface area contributed by atoms with Crippen LogP contribution < -0.4 is 11.3 Å². The standard InChI is InChI=1S/C8H9N5S2/c9-11-8-13-12-7(15-8)5-14-6-3-1-2-4-10-6/h1-4H,5,9H2,(H,11,13). The van der Waals surface area contributed by atoms with Gasteiger partial charge in [0.25, 0.3) is 0 Å². The van der Waals surface area contributed by atoms with E-state index in [-0.39, 0.29) is 0 Å². The first-order valence-electron chi connectivity index (χ1n) is 4.21. The third-order valence-electron chi connectivity index (χ3n) is 1.57. The minimum Gasteiger partial charge on any atom is -0.298 e. The lowest BCUT2D eigenvalue weighted by atomic mass is 10.5. The molecule has 2 aromatic heterocycles. The molecule has 0 aromatic carbocycles. The molecule has 15 heavy (non-hydrogen) atoms. The Morgan fingerprint density at radius 3 is 3.00 bits per heavy atom. The van der Waals surface area contributed by atoms with Crippen molar-refractivity contribution in [2.75, 3.05) is 5.43 Å². The molecule has 0 aliphatic heterocycles. The van der Waals surface area contributed by atoms with Gasteiger partial charge in [0.1, 0.15) is 5.01 Å². The highest BCUT2D eigenvalue weighted by molar-refractivity contribution is 7.98. The van der Waals surface area contributed by atoms with Gasteiger partial charge in [0, 0.05) is 6.20 Å². The van der Waals surface area contributed by atoms with Crippen molar-refractivity contribution in [3.8, 4) is 0 Å². The zero-order chi connectivity index (χ0) is 10.5. The van der Waals surface area contributed by atoms with Crippen LogP contribution in [0.25, 0.3) is 0 Å². The highest BCUT2D eigenvalue weighted by atomic mass is 32.2. The highest BCUT2D eigenvalue weighted by Crippen LogP contribution is 2.23. The van der Waals surface area contributed by atoms with E-state index in [1.165, 1.54) is 11.3 Å². The van der Waals surface area contributed by atoms with E-state index in [0.29, 0.717) is 5.13 Å². The van der Waals surface area contributed by atoms with Gasteiger partial charge in [0.05, 0.1) is 10.8 Å². The van der Waals surface area contributed by atoms with Crippen molar-refractivity contribution < 1.29 is 0 Å². The van der Waals surface area contributed by atoms with E-state index in [4.69, 9.17) is 5.84 Å². The molecule has 0 spiro atoms. The van der Waals surface area contributed by atoms with E-state index in [9.17, 15) is 0 Å². The molecule has 2 rings (SSSR count). The number of aromatic nitrogens is 3. The molecule has 0 fully saturated rings. The molecule has 0 aliphatic carbocycles. The number of hydrazine groups is 1. The van der Waals surface area contributed by atoms with Crippen molar-refractivity contribution in [1.82, 2.24) is 15.2 Å². The van der Waals surface area contributed by atoms with Crippen LogP contribution in [0.3, 0.4) is 0 Å². The second-order valence-corrected chi connectivity index (χ2v) is 4.66. The van der Waals surface area contributed by atoms with Crippen LogP contribution >= 0.6 is 23.1 Å². The number of pyridine rings is 1. The van der Waals surface area contributed by atoms with Gasteiger partial charge in [-0.3, -0.25) is 5.43 Å². The van der Waals surface area contributed by atoms with E-state index in [1.54, 1.807) is 18.0 Å². The zero-order valence-electron chi connectivity index (χ0n) is 7.75. The smallest absolute Gasteiger partial charge is 0.219 e. The van der Waals surface area contributed by atoms with Crippen LogP contribution in [0, 0.1) is 0 Å². The van der Waals surface area contributed by atoms with Gasteiger partial charge in [-0.1, -0.05) is 29.2 Å². The fraction of sp³-hybridized carbons (Fsp3) is 0.125. The summed E-state index contributed by atoms with van der Waals surface area (Å²) in [6, 6.07) is 5.82. The molecule has 5 nitrogen and oxygen atoms in total. The lowest BCUT2D eigenvalue weighted by Gasteiger charge is -1.95. The van der Waals surface area contributed by atoms with Gasteiger partial charge in [-0.15, -0.1) is 10.2 Å². The molecule has 0 saturated carbocycles. The number of thioether (sulfide) groups is 1. The predicted octanol–water partition coefficient (Wildman–Crippen LogP) is 1.51. The molecule has 3 N–H and O–H groups in total. The fourth-order valence-electron chi connectivity index (χ4n) is 0.938. The van der Waals surface area contributed by atoms with Crippen LogP contribution in [0.4, 0.5) is 5.13 Å². The van der Waals surface area contributed by atoms with Crippen LogP contribution in [0.1, 0.15) is 5.01 Å². The SMILES string of the molecule is NNc1nnc(CSc2ccccn2)s1. The van der Waals surface area contributed by atoms with Crippen LogP contribution in [0.2, 0.25) is 0 Å². The van der Waals surface area contributed by atoms with E-state index in [0.717, 1.165) is 15.8 Å². The fourth-order valence-corrected chi connectivity index (χ4v) is 2.44. The van der Waals surface area contributed by atoms with Crippen molar-refractivity contribution in [2.45, 2.75) is 10.8 Å². The Kier molecular flexibility index (Phi) is 3.49. The van der Waals surface area contributed by atoms with Crippen molar-refractivity contribution >= 4 is 28.2 Å². The average Bonchev–Trinajstić information content (AvgIpc) is 2.76. The molecule has 0 amide bonds. The van der Waals surface area contributed by atoms with Gasteiger partial charge < -0.3 is 0 Å². The van der Waals surface area contributed by atoms with Gasteiger partial charge >= 0.3 is 0 Å². The summed E-state index contributed by atoms with van der Waals surface area (Å²) in [5.74, 6) is 5.97. The topological polar surface area (TPSA) is 76.7 Å². The van der Waals surface area contributed by atoms with Gasteiger partial charge in [-0.2, -0.15) is 0 Å². The number of nitrogens with one attached hydrogen (secondary N) is 1. The molecule has 7 heteroatoms. The van der Waals surface area contributed by atoms with Crippen molar-refractivity contribution in [3.05, 3.63) is 29.4 Å². The second kappa shape index (κ2) is 5.06. The van der Waals surface area contributed by atoms with Crippen LogP contribution in [-0.2, 0) is 5.75 Å². The van der Waals surface area contributed by atoms with E-state index in [1.807, 2.05) is 18.2 Å². The van der Waals surface area contributed by atoms with Gasteiger partial charge in [-0.05, 0) is 12.1 Å². The first-order valence-corrected chi connectivity index (χ1v) is 6.01. The molecule has 0 atom stereocenters. The largest absolute Gasteiger partial charge is 0.298 e. The van der Waals surface area contributed by atoms with Gasteiger partial charge in [0.2, 0.25) is 5.13 Å². The molecule has 78 valence electrons. The molecule has 0 aliphatic rings. The van der Waals surface area contributed by atoms with Crippen LogP contribution in [0.15, 0.2) is 29.4 Å². The highest BCUT2D eigenvalue weighted by Gasteiger charge is 2.03. The number of rotatable bonds is 4. The molecule has 0 radical (unpaired) electrons. The Bertz CT molecular complexity index is 416. The molecule has 0 unspecified atom stereocenters. The number of nitrogen functional groups attached to an aromatic ring is 1. The third-order valence-corrected chi connectivity index (χ3v) is 3.56. The summed E-state index contributed by atoms with van der Waals surface area (Å²) in [6.07, 6.45) is 1.77. The monoisotopic (exact) mass is 239 g/mol. The van der Waals surface area contributed by atoms with Crippen LogP contribution in [-0.4, -0.2) is 15.2 Å². The molecule has 2 heterocycles. The summed E-state index contributed by atoms with van der Waals surface area (Å²) in [5, 5.41) is 10.4. The van der Waals surface area contributed by atoms with Crippen molar-refractivity contribution in [3.63, 3.8) is 0 Å². The number of anilines is 1. The molecule has 2 aromatic rings. The Morgan fingerprint density at radius 2 is 2.33 bits per heavy atom. The first-order chi connectivity index (χ1) is 7.38. The number of nitrogens with zero attached hydrogens (tertiary/aromatic N) is 3. The summed E-state index contributed by atoms with van der Waals surface area (Å²) in [4.78, 5) is 4.20. The lowest BCUT2D eigenvalue weighted by Crippen LogP contribution is -2.05. The number of hydrogen-bond acceptors (Lipinski definition) is 7. The first kappa shape index (κ1) is 10.3. The third kappa shape index (κ3) is 2.88. The van der Waals surface area contributed by atoms with Crippen LogP contribution in [0.5, 0.6) is 0 Å². The molecule has 0 saturated heterocycles. The Hall–Kier alpha value is -1.18. The average molecular weight is 239 g/mol. The number of nitrogens with two attached hydrogens (primary N) is 1. The maximum Gasteiger partial charge on any atom is 0.219 e. The second-order valence-electron chi connectivity index (χ2n) is 2.60. The van der Waals surface area contributed by atoms with Crippen molar-refractivity contribution in [1.29, 1.82) is 0 Å². The lowest BCUT2D eigenvalue weighted by molar-refractivity contribution is 1.03. The summed E-state index contributed by atoms with van der Waals surface area (Å²) in [7, 11) is 0. The normalized spacial score (nSPS) is 10.2. The van der Waals surface area contributed by atoms with Crippen molar-refractivity contribution in [2.24, 2.45) is 5.84 Å². The minimum absolute atomic E-state index is 0.631. The summed E-state index contributed by atoms with van der Waals surface area (Å²) in [6.45, 7) is 0. The summed E-state index contributed by atoms with van der Waals surface area (Å²) >= 11 is 3.07. The Balaban J connectivity index is 1.93. The predicted molar refractivity (Wildman–Crippen MR) is 61.5 cm³/mol. The Labute approximate surface area is 95.1 Å². The van der Waals surface area contributed by atoms with Gasteiger partial charge in [-0.25, -0.2) is 10.8 Å². The number of hydrogen-bond donors (Lipinski definition) is 2. The van der Waals surface area contributed by atoms with E-state index < -0.39 is 0 Å². The minimum atomic E-state index is 0.631. The zero-order valence-corrected chi connectivity index (χ0v) is 9.38.